The van der Waals surface area contributed by atoms with Crippen LogP contribution in [0, 0.1) is 6.92 Å². The van der Waals surface area contributed by atoms with Crippen molar-refractivity contribution in [3.63, 3.8) is 0 Å². The topological polar surface area (TPSA) is 68.0 Å². The first-order valence-corrected chi connectivity index (χ1v) is 7.68. The Balaban J connectivity index is 1.70. The fourth-order valence-corrected chi connectivity index (χ4v) is 2.26. The van der Waals surface area contributed by atoms with Crippen LogP contribution in [0.2, 0.25) is 0 Å². The Morgan fingerprint density at radius 1 is 1.15 bits per heavy atom. The van der Waals surface area contributed by atoms with Crippen molar-refractivity contribution in [3.8, 4) is 11.5 Å². The molecule has 26 heavy (non-hydrogen) atoms. The molecule has 5 nitrogen and oxygen atoms in total. The van der Waals surface area contributed by atoms with E-state index in [0.717, 1.165) is 17.7 Å². The average Bonchev–Trinajstić information content (AvgIpc) is 3.05. The van der Waals surface area contributed by atoms with Gasteiger partial charge in [-0.15, -0.1) is 0 Å². The van der Waals surface area contributed by atoms with E-state index in [9.17, 15) is 18.0 Å². The van der Waals surface area contributed by atoms with Crippen molar-refractivity contribution in [2.24, 2.45) is 0 Å². The molecular weight excluding hydrogens is 347 g/mol. The molecule has 1 N–H and O–H groups in total. The van der Waals surface area contributed by atoms with E-state index in [1.165, 1.54) is 12.1 Å². The highest BCUT2D eigenvalue weighted by atomic mass is 19.4. The average molecular weight is 361 g/mol. The summed E-state index contributed by atoms with van der Waals surface area (Å²) in [5, 5.41) is 6.34. The normalized spacial score (nSPS) is 11.4. The van der Waals surface area contributed by atoms with Crippen LogP contribution in [0.15, 0.2) is 53.1 Å². The Morgan fingerprint density at radius 2 is 1.88 bits per heavy atom. The van der Waals surface area contributed by atoms with Gasteiger partial charge in [0.15, 0.2) is 5.82 Å². The summed E-state index contributed by atoms with van der Waals surface area (Å²) in [6.07, 6.45) is -4.62. The van der Waals surface area contributed by atoms with E-state index in [2.05, 4.69) is 15.5 Å². The van der Waals surface area contributed by atoms with E-state index >= 15 is 0 Å². The third-order valence-electron chi connectivity index (χ3n) is 3.56. The van der Waals surface area contributed by atoms with Gasteiger partial charge < -0.3 is 9.84 Å². The van der Waals surface area contributed by atoms with Gasteiger partial charge in [0.25, 0.3) is 5.89 Å². The molecule has 3 rings (SSSR count). The number of anilines is 1. The molecule has 0 atom stereocenters. The summed E-state index contributed by atoms with van der Waals surface area (Å²) in [6, 6.07) is 11.8. The minimum atomic E-state index is -4.47. The molecule has 1 heterocycles. The van der Waals surface area contributed by atoms with Crippen LogP contribution in [-0.2, 0) is 17.4 Å². The predicted octanol–water partition coefficient (Wildman–Crippen LogP) is 4.25. The molecular formula is C18H14F3N3O2. The van der Waals surface area contributed by atoms with E-state index in [0.29, 0.717) is 5.69 Å². The van der Waals surface area contributed by atoms with Crippen LogP contribution in [0.4, 0.5) is 18.9 Å². The molecule has 0 aliphatic rings. The van der Waals surface area contributed by atoms with E-state index in [1.54, 1.807) is 12.1 Å². The lowest BCUT2D eigenvalue weighted by Crippen LogP contribution is -2.15. The summed E-state index contributed by atoms with van der Waals surface area (Å²) >= 11 is 0. The maximum atomic E-state index is 12.8. The third kappa shape index (κ3) is 4.27. The lowest BCUT2D eigenvalue weighted by Gasteiger charge is -2.06. The zero-order chi connectivity index (χ0) is 18.7. The van der Waals surface area contributed by atoms with Crippen LogP contribution in [0.3, 0.4) is 0 Å². The number of hydrogen-bond acceptors (Lipinski definition) is 4. The van der Waals surface area contributed by atoms with Crippen molar-refractivity contribution in [1.29, 1.82) is 0 Å². The molecule has 8 heteroatoms. The monoisotopic (exact) mass is 361 g/mol. The van der Waals surface area contributed by atoms with E-state index in [4.69, 9.17) is 4.52 Å². The summed E-state index contributed by atoms with van der Waals surface area (Å²) in [5.74, 6) is -0.346. The SMILES string of the molecule is Cc1ccc(NC(=O)Cc2noc(-c3cccc(C(F)(F)F)c3)n2)cc1. The number of benzene rings is 2. The molecule has 0 saturated carbocycles. The Kier molecular flexibility index (Phi) is 4.75. The second-order valence-electron chi connectivity index (χ2n) is 5.69. The summed E-state index contributed by atoms with van der Waals surface area (Å²) in [5.41, 5.74) is 1.01. The molecule has 0 spiro atoms. The lowest BCUT2D eigenvalue weighted by atomic mass is 10.1. The van der Waals surface area contributed by atoms with Gasteiger partial charge in [0, 0.05) is 11.3 Å². The fraction of sp³-hybridized carbons (Fsp3) is 0.167. The van der Waals surface area contributed by atoms with Gasteiger partial charge in [0.1, 0.15) is 0 Å². The first-order valence-electron chi connectivity index (χ1n) is 7.68. The number of halogens is 3. The number of carbonyl (C=O) groups excluding carboxylic acids is 1. The van der Waals surface area contributed by atoms with Gasteiger partial charge in [0.05, 0.1) is 12.0 Å². The second-order valence-corrected chi connectivity index (χ2v) is 5.69. The fourth-order valence-electron chi connectivity index (χ4n) is 2.26. The number of aryl methyl sites for hydroxylation is 1. The number of nitrogens with one attached hydrogen (secondary N) is 1. The molecule has 0 aliphatic carbocycles. The van der Waals surface area contributed by atoms with Gasteiger partial charge in [-0.3, -0.25) is 4.79 Å². The molecule has 3 aromatic rings. The molecule has 0 fully saturated rings. The number of rotatable bonds is 4. The summed E-state index contributed by atoms with van der Waals surface area (Å²) in [7, 11) is 0. The molecule has 1 amide bonds. The predicted molar refractivity (Wildman–Crippen MR) is 88.2 cm³/mol. The van der Waals surface area contributed by atoms with E-state index in [1.807, 2.05) is 19.1 Å². The van der Waals surface area contributed by atoms with Crippen LogP contribution >= 0.6 is 0 Å². The zero-order valence-corrected chi connectivity index (χ0v) is 13.7. The standard InChI is InChI=1S/C18H14F3N3O2/c1-11-5-7-14(8-6-11)22-16(25)10-15-23-17(26-24-15)12-3-2-4-13(9-12)18(19,20)21/h2-9H,10H2,1H3,(H,22,25). The quantitative estimate of drug-likeness (QED) is 0.755. The maximum absolute atomic E-state index is 12.8. The van der Waals surface area contributed by atoms with Crippen LogP contribution in [0.1, 0.15) is 17.0 Å². The minimum Gasteiger partial charge on any atom is -0.334 e. The number of aromatic nitrogens is 2. The number of carbonyl (C=O) groups is 1. The van der Waals surface area contributed by atoms with Crippen molar-refractivity contribution in [3.05, 3.63) is 65.5 Å². The largest absolute Gasteiger partial charge is 0.416 e. The molecule has 2 aromatic carbocycles. The van der Waals surface area contributed by atoms with Gasteiger partial charge in [-0.05, 0) is 37.3 Å². The first-order chi connectivity index (χ1) is 12.3. The zero-order valence-electron chi connectivity index (χ0n) is 13.7. The third-order valence-corrected chi connectivity index (χ3v) is 3.56. The highest BCUT2D eigenvalue weighted by Crippen LogP contribution is 2.31. The van der Waals surface area contributed by atoms with Crippen molar-refractivity contribution in [2.45, 2.75) is 19.5 Å². The van der Waals surface area contributed by atoms with E-state index < -0.39 is 11.7 Å². The molecule has 0 aliphatic heterocycles. The molecule has 1 aromatic heterocycles. The van der Waals surface area contributed by atoms with Gasteiger partial charge in [0.2, 0.25) is 5.91 Å². The maximum Gasteiger partial charge on any atom is 0.416 e. The van der Waals surface area contributed by atoms with Crippen LogP contribution in [-0.4, -0.2) is 16.0 Å². The second kappa shape index (κ2) is 6.99. The molecule has 0 unspecified atom stereocenters. The number of amides is 1. The molecule has 0 bridgehead atoms. The van der Waals surface area contributed by atoms with Gasteiger partial charge in [-0.2, -0.15) is 18.2 Å². The molecule has 0 saturated heterocycles. The molecule has 0 radical (unpaired) electrons. The highest BCUT2D eigenvalue weighted by Gasteiger charge is 2.30. The Hall–Kier alpha value is -3.16. The number of alkyl halides is 3. The highest BCUT2D eigenvalue weighted by molar-refractivity contribution is 5.91. The van der Waals surface area contributed by atoms with Crippen LogP contribution < -0.4 is 5.32 Å². The van der Waals surface area contributed by atoms with Crippen LogP contribution in [0.25, 0.3) is 11.5 Å². The van der Waals surface area contributed by atoms with Gasteiger partial charge in [-0.1, -0.05) is 28.9 Å². The van der Waals surface area contributed by atoms with Crippen LogP contribution in [0.5, 0.6) is 0 Å². The smallest absolute Gasteiger partial charge is 0.334 e. The summed E-state index contributed by atoms with van der Waals surface area (Å²) in [6.45, 7) is 1.93. The summed E-state index contributed by atoms with van der Waals surface area (Å²) in [4.78, 5) is 16.0. The minimum absolute atomic E-state index is 0.0748. The van der Waals surface area contributed by atoms with E-state index in [-0.39, 0.29) is 29.6 Å². The number of nitrogens with zero attached hydrogens (tertiary/aromatic N) is 2. The van der Waals surface area contributed by atoms with Crippen molar-refractivity contribution < 1.29 is 22.5 Å². The molecule has 134 valence electrons. The van der Waals surface area contributed by atoms with Crippen molar-refractivity contribution in [2.75, 3.05) is 5.32 Å². The van der Waals surface area contributed by atoms with Crippen molar-refractivity contribution >= 4 is 11.6 Å². The Morgan fingerprint density at radius 3 is 2.58 bits per heavy atom. The Bertz CT molecular complexity index is 918. The lowest BCUT2D eigenvalue weighted by molar-refractivity contribution is -0.137. The van der Waals surface area contributed by atoms with Crippen molar-refractivity contribution in [1.82, 2.24) is 10.1 Å². The van der Waals surface area contributed by atoms with Gasteiger partial charge in [-0.25, -0.2) is 0 Å². The Labute approximate surface area is 146 Å². The first kappa shape index (κ1) is 17.7. The number of hydrogen-bond donors (Lipinski definition) is 1. The van der Waals surface area contributed by atoms with Gasteiger partial charge >= 0.3 is 6.18 Å². The summed E-state index contributed by atoms with van der Waals surface area (Å²) < 4.78 is 43.3.